The molecule has 0 saturated carbocycles. The number of rotatable bonds is 6. The number of anilines is 2. The van der Waals surface area contributed by atoms with Crippen LogP contribution in [0.25, 0.3) is 0 Å². The zero-order valence-corrected chi connectivity index (χ0v) is 12.9. The Morgan fingerprint density at radius 2 is 1.96 bits per heavy atom. The summed E-state index contributed by atoms with van der Waals surface area (Å²) >= 11 is 0. The standard InChI is InChI=1S/C16H17N3O4/c1-10-9-11(2)17-16(15(10)19(22)23)18-13-6-3-12(4-7-13)5-8-14(20)21/h3-4,6-7,9H,5,8H2,1-2H3,(H,17,18)(H,20,21). The van der Waals surface area contributed by atoms with Gasteiger partial charge in [0.2, 0.25) is 5.82 Å². The number of carbonyl (C=O) groups is 1. The minimum atomic E-state index is -0.845. The van der Waals surface area contributed by atoms with Gasteiger partial charge in [-0.2, -0.15) is 0 Å². The van der Waals surface area contributed by atoms with E-state index in [2.05, 4.69) is 10.3 Å². The van der Waals surface area contributed by atoms with E-state index in [0.29, 0.717) is 23.4 Å². The van der Waals surface area contributed by atoms with Crippen LogP contribution in [0, 0.1) is 24.0 Å². The van der Waals surface area contributed by atoms with Crippen LogP contribution in [0.4, 0.5) is 17.2 Å². The van der Waals surface area contributed by atoms with Crippen LogP contribution in [-0.4, -0.2) is 21.0 Å². The highest BCUT2D eigenvalue weighted by molar-refractivity contribution is 5.69. The number of aromatic nitrogens is 1. The lowest BCUT2D eigenvalue weighted by atomic mass is 10.1. The summed E-state index contributed by atoms with van der Waals surface area (Å²) < 4.78 is 0. The maximum absolute atomic E-state index is 11.2. The molecule has 0 aliphatic carbocycles. The third kappa shape index (κ3) is 4.26. The third-order valence-electron chi connectivity index (χ3n) is 3.34. The van der Waals surface area contributed by atoms with Crippen LogP contribution >= 0.6 is 0 Å². The molecular formula is C16H17N3O4. The molecule has 1 aromatic heterocycles. The molecule has 1 heterocycles. The van der Waals surface area contributed by atoms with Crippen molar-refractivity contribution >= 4 is 23.2 Å². The molecule has 7 heteroatoms. The molecule has 2 rings (SSSR count). The fourth-order valence-corrected chi connectivity index (χ4v) is 2.29. The first-order chi connectivity index (χ1) is 10.9. The Morgan fingerprint density at radius 1 is 1.30 bits per heavy atom. The summed E-state index contributed by atoms with van der Waals surface area (Å²) in [6, 6.07) is 8.75. The lowest BCUT2D eigenvalue weighted by Gasteiger charge is -2.09. The number of carboxylic acid groups (broad SMARTS) is 1. The van der Waals surface area contributed by atoms with Crippen molar-refractivity contribution in [2.75, 3.05) is 5.32 Å². The van der Waals surface area contributed by atoms with E-state index in [1.54, 1.807) is 44.2 Å². The monoisotopic (exact) mass is 315 g/mol. The second-order valence-electron chi connectivity index (χ2n) is 5.25. The van der Waals surface area contributed by atoms with Crippen molar-refractivity contribution in [1.82, 2.24) is 4.98 Å². The number of aliphatic carboxylic acids is 1. The predicted molar refractivity (Wildman–Crippen MR) is 86.0 cm³/mol. The molecule has 0 unspecified atom stereocenters. The number of benzene rings is 1. The van der Waals surface area contributed by atoms with E-state index in [9.17, 15) is 14.9 Å². The minimum Gasteiger partial charge on any atom is -0.481 e. The zero-order valence-electron chi connectivity index (χ0n) is 12.9. The normalized spacial score (nSPS) is 10.3. The van der Waals surface area contributed by atoms with E-state index < -0.39 is 10.9 Å². The molecule has 0 radical (unpaired) electrons. The Labute approximate surface area is 133 Å². The van der Waals surface area contributed by atoms with Gasteiger partial charge in [-0.25, -0.2) is 4.98 Å². The lowest BCUT2D eigenvalue weighted by molar-refractivity contribution is -0.384. The Bertz CT molecular complexity index is 742. The molecule has 120 valence electrons. The predicted octanol–water partition coefficient (Wildman–Crippen LogP) is 3.37. The van der Waals surface area contributed by atoms with Crippen molar-refractivity contribution in [3.63, 3.8) is 0 Å². The Balaban J connectivity index is 2.22. The lowest BCUT2D eigenvalue weighted by Crippen LogP contribution is -2.03. The summed E-state index contributed by atoms with van der Waals surface area (Å²) in [7, 11) is 0. The van der Waals surface area contributed by atoms with Gasteiger partial charge in [0.1, 0.15) is 0 Å². The van der Waals surface area contributed by atoms with Crippen LogP contribution in [0.2, 0.25) is 0 Å². The van der Waals surface area contributed by atoms with E-state index >= 15 is 0 Å². The number of nitrogens with zero attached hydrogens (tertiary/aromatic N) is 2. The molecule has 0 saturated heterocycles. The molecular weight excluding hydrogens is 298 g/mol. The second kappa shape index (κ2) is 6.87. The van der Waals surface area contributed by atoms with Gasteiger partial charge in [-0.3, -0.25) is 14.9 Å². The van der Waals surface area contributed by atoms with Crippen LogP contribution < -0.4 is 5.32 Å². The van der Waals surface area contributed by atoms with Crippen molar-refractivity contribution in [2.45, 2.75) is 26.7 Å². The number of hydrogen-bond donors (Lipinski definition) is 2. The van der Waals surface area contributed by atoms with Crippen molar-refractivity contribution in [1.29, 1.82) is 0 Å². The Hall–Kier alpha value is -2.96. The highest BCUT2D eigenvalue weighted by atomic mass is 16.6. The van der Waals surface area contributed by atoms with Gasteiger partial charge in [0.15, 0.2) is 0 Å². The van der Waals surface area contributed by atoms with Gasteiger partial charge in [0, 0.05) is 23.4 Å². The summed E-state index contributed by atoms with van der Waals surface area (Å²) in [6.45, 7) is 3.45. The van der Waals surface area contributed by atoms with Crippen molar-refractivity contribution in [3.05, 3.63) is 57.3 Å². The second-order valence-corrected chi connectivity index (χ2v) is 5.25. The van der Waals surface area contributed by atoms with Gasteiger partial charge in [0.05, 0.1) is 4.92 Å². The first kappa shape index (κ1) is 16.4. The molecule has 0 fully saturated rings. The minimum absolute atomic E-state index is 0.0504. The van der Waals surface area contributed by atoms with Crippen molar-refractivity contribution in [3.8, 4) is 0 Å². The summed E-state index contributed by atoms with van der Waals surface area (Å²) in [5.74, 6) is -0.645. The molecule has 0 spiro atoms. The average molecular weight is 315 g/mol. The largest absolute Gasteiger partial charge is 0.481 e. The molecule has 0 aliphatic rings. The number of nitrogens with one attached hydrogen (secondary N) is 1. The average Bonchev–Trinajstić information content (AvgIpc) is 2.45. The van der Waals surface area contributed by atoms with E-state index in [1.807, 2.05) is 0 Å². The molecule has 0 amide bonds. The molecule has 0 aliphatic heterocycles. The van der Waals surface area contributed by atoms with Gasteiger partial charge in [-0.15, -0.1) is 0 Å². The number of carboxylic acids is 1. The fourth-order valence-electron chi connectivity index (χ4n) is 2.29. The maximum Gasteiger partial charge on any atom is 0.314 e. The Morgan fingerprint density at radius 3 is 2.52 bits per heavy atom. The third-order valence-corrected chi connectivity index (χ3v) is 3.34. The van der Waals surface area contributed by atoms with Gasteiger partial charge >= 0.3 is 11.7 Å². The van der Waals surface area contributed by atoms with E-state index in [1.165, 1.54) is 0 Å². The number of nitro groups is 1. The molecule has 0 atom stereocenters. The smallest absolute Gasteiger partial charge is 0.314 e. The van der Waals surface area contributed by atoms with Gasteiger partial charge in [0.25, 0.3) is 0 Å². The van der Waals surface area contributed by atoms with Crippen molar-refractivity contribution in [2.24, 2.45) is 0 Å². The zero-order chi connectivity index (χ0) is 17.0. The Kier molecular flexibility index (Phi) is 4.90. The van der Waals surface area contributed by atoms with Gasteiger partial charge < -0.3 is 10.4 Å². The highest BCUT2D eigenvalue weighted by Gasteiger charge is 2.19. The van der Waals surface area contributed by atoms with Gasteiger partial charge in [-0.1, -0.05) is 12.1 Å². The van der Waals surface area contributed by atoms with E-state index in [-0.39, 0.29) is 17.9 Å². The van der Waals surface area contributed by atoms with E-state index in [4.69, 9.17) is 5.11 Å². The van der Waals surface area contributed by atoms with Crippen LogP contribution in [0.15, 0.2) is 30.3 Å². The first-order valence-electron chi connectivity index (χ1n) is 7.07. The number of aryl methyl sites for hydroxylation is 3. The van der Waals surface area contributed by atoms with Gasteiger partial charge in [-0.05, 0) is 44.0 Å². The van der Waals surface area contributed by atoms with E-state index in [0.717, 1.165) is 5.56 Å². The topological polar surface area (TPSA) is 105 Å². The SMILES string of the molecule is Cc1cc(C)c([N+](=O)[O-])c(Nc2ccc(CCC(=O)O)cc2)n1. The summed E-state index contributed by atoms with van der Waals surface area (Å²) in [5.41, 5.74) is 2.73. The number of pyridine rings is 1. The quantitative estimate of drug-likeness (QED) is 0.625. The first-order valence-corrected chi connectivity index (χ1v) is 7.07. The van der Waals surface area contributed by atoms with Crippen LogP contribution in [0.3, 0.4) is 0 Å². The molecule has 0 bridgehead atoms. The van der Waals surface area contributed by atoms with Crippen LogP contribution in [0.1, 0.15) is 23.2 Å². The number of hydrogen-bond acceptors (Lipinski definition) is 5. The molecule has 7 nitrogen and oxygen atoms in total. The summed E-state index contributed by atoms with van der Waals surface area (Å²) in [4.78, 5) is 25.5. The summed E-state index contributed by atoms with van der Waals surface area (Å²) in [5, 5.41) is 22.8. The van der Waals surface area contributed by atoms with Crippen LogP contribution in [-0.2, 0) is 11.2 Å². The maximum atomic E-state index is 11.2. The summed E-state index contributed by atoms with van der Waals surface area (Å²) in [6.07, 6.45) is 0.508. The molecule has 2 N–H and O–H groups in total. The highest BCUT2D eigenvalue weighted by Crippen LogP contribution is 2.29. The van der Waals surface area contributed by atoms with Crippen molar-refractivity contribution < 1.29 is 14.8 Å². The molecule has 23 heavy (non-hydrogen) atoms. The fraction of sp³-hybridized carbons (Fsp3) is 0.250. The molecule has 1 aromatic carbocycles. The van der Waals surface area contributed by atoms with Crippen LogP contribution in [0.5, 0.6) is 0 Å². The molecule has 2 aromatic rings.